The van der Waals surface area contributed by atoms with Crippen molar-refractivity contribution in [2.45, 2.75) is 24.3 Å². The van der Waals surface area contributed by atoms with Gasteiger partial charge in [-0.05, 0) is 41.3 Å². The largest absolute Gasteiger partial charge is 0.361 e. The number of nitrogens with zero attached hydrogens (tertiary/aromatic N) is 2. The van der Waals surface area contributed by atoms with Crippen molar-refractivity contribution in [2.75, 3.05) is 18.8 Å². The van der Waals surface area contributed by atoms with Crippen molar-refractivity contribution < 1.29 is 18.2 Å². The molecule has 2 aliphatic heterocycles. The average molecular weight is 440 g/mol. The van der Waals surface area contributed by atoms with Crippen LogP contribution in [-0.2, 0) is 22.1 Å². The maximum absolute atomic E-state index is 13.6. The fourth-order valence-electron chi connectivity index (χ4n) is 4.64. The van der Waals surface area contributed by atoms with Crippen molar-refractivity contribution in [2.24, 2.45) is 0 Å². The Labute approximate surface area is 181 Å². The van der Waals surface area contributed by atoms with Gasteiger partial charge in [-0.3, -0.25) is 13.8 Å². The number of benzene rings is 2. The van der Waals surface area contributed by atoms with Gasteiger partial charge in [-0.25, -0.2) is 4.39 Å². The average Bonchev–Trinajstić information content (AvgIpc) is 3.32. The molecule has 1 spiro atoms. The lowest BCUT2D eigenvalue weighted by atomic mass is 10.00. The Morgan fingerprint density at radius 3 is 2.71 bits per heavy atom. The molecule has 3 aromatic rings. The van der Waals surface area contributed by atoms with E-state index in [0.29, 0.717) is 37.1 Å². The summed E-state index contributed by atoms with van der Waals surface area (Å²) < 4.78 is 26.6. The smallest absolute Gasteiger partial charge is 0.253 e. The molecule has 31 heavy (non-hydrogen) atoms. The molecule has 0 saturated carbocycles. The number of nitrogens with one attached hydrogen (secondary N) is 1. The van der Waals surface area contributed by atoms with Gasteiger partial charge in [0.2, 0.25) is 5.91 Å². The standard InChI is InChI=1S/C23H22FN3O3S/c24-19-3-1-2-16(12-19)14-27-21(28)15-31(30)23(27)7-10-26(11-8-23)22(29)18-5-4-17-6-9-25-20(17)13-18/h1-6,9,12-13,25H,7-8,10-11,14-15H2. The van der Waals surface area contributed by atoms with Gasteiger partial charge in [0.15, 0.2) is 0 Å². The molecule has 0 radical (unpaired) electrons. The summed E-state index contributed by atoms with van der Waals surface area (Å²) in [6.07, 6.45) is 2.72. The first-order chi connectivity index (χ1) is 15.0. The van der Waals surface area contributed by atoms with Crippen LogP contribution in [0.5, 0.6) is 0 Å². The second kappa shape index (κ2) is 7.60. The molecule has 2 saturated heterocycles. The van der Waals surface area contributed by atoms with Gasteiger partial charge in [0.05, 0.1) is 10.8 Å². The molecule has 160 valence electrons. The molecular formula is C23H22FN3O3S. The summed E-state index contributed by atoms with van der Waals surface area (Å²) >= 11 is 0. The number of H-pyrrole nitrogens is 1. The maximum Gasteiger partial charge on any atom is 0.253 e. The Balaban J connectivity index is 1.34. The third-order valence-corrected chi connectivity index (χ3v) is 8.32. The van der Waals surface area contributed by atoms with Crippen LogP contribution in [0.1, 0.15) is 28.8 Å². The summed E-state index contributed by atoms with van der Waals surface area (Å²) in [5, 5.41) is 1.04. The van der Waals surface area contributed by atoms with Crippen molar-refractivity contribution in [3.05, 3.63) is 71.7 Å². The topological polar surface area (TPSA) is 73.5 Å². The molecule has 3 heterocycles. The van der Waals surface area contributed by atoms with Gasteiger partial charge in [-0.15, -0.1) is 0 Å². The normalized spacial score (nSPS) is 20.7. The van der Waals surface area contributed by atoms with Gasteiger partial charge < -0.3 is 14.8 Å². The van der Waals surface area contributed by atoms with Crippen LogP contribution in [0.3, 0.4) is 0 Å². The molecule has 1 unspecified atom stereocenters. The lowest BCUT2D eigenvalue weighted by Crippen LogP contribution is -2.55. The van der Waals surface area contributed by atoms with Gasteiger partial charge in [0, 0.05) is 49.8 Å². The minimum Gasteiger partial charge on any atom is -0.361 e. The van der Waals surface area contributed by atoms with Crippen molar-refractivity contribution in [3.63, 3.8) is 0 Å². The Morgan fingerprint density at radius 1 is 1.13 bits per heavy atom. The predicted molar refractivity (Wildman–Crippen MR) is 116 cm³/mol. The lowest BCUT2D eigenvalue weighted by Gasteiger charge is -2.43. The number of likely N-dealkylation sites (tertiary alicyclic amines) is 1. The number of piperidine rings is 1. The Hall–Kier alpha value is -3.00. The highest BCUT2D eigenvalue weighted by atomic mass is 32.2. The molecule has 0 bridgehead atoms. The molecule has 2 fully saturated rings. The van der Waals surface area contributed by atoms with E-state index in [4.69, 9.17) is 0 Å². The van der Waals surface area contributed by atoms with Crippen molar-refractivity contribution >= 4 is 33.5 Å². The number of aromatic nitrogens is 1. The van der Waals surface area contributed by atoms with Crippen LogP contribution in [0.25, 0.3) is 10.9 Å². The van der Waals surface area contributed by atoms with Gasteiger partial charge >= 0.3 is 0 Å². The molecular weight excluding hydrogens is 417 g/mol. The SMILES string of the molecule is O=C(c1ccc2cc[nH]c2c1)N1CCC2(CC1)N(Cc1cccc(F)c1)C(=O)CS2=O. The Morgan fingerprint density at radius 2 is 1.94 bits per heavy atom. The number of hydrogen-bond donors (Lipinski definition) is 1. The van der Waals surface area contributed by atoms with Crippen LogP contribution >= 0.6 is 0 Å². The van der Waals surface area contributed by atoms with Crippen LogP contribution in [0.15, 0.2) is 54.7 Å². The number of rotatable bonds is 3. The Kier molecular flexibility index (Phi) is 4.89. The molecule has 2 aliphatic rings. The number of amides is 2. The third-order valence-electron chi connectivity index (χ3n) is 6.33. The first-order valence-corrected chi connectivity index (χ1v) is 11.6. The summed E-state index contributed by atoms with van der Waals surface area (Å²) in [6, 6.07) is 13.7. The zero-order valence-electron chi connectivity index (χ0n) is 16.8. The number of halogens is 1. The molecule has 1 N–H and O–H groups in total. The number of fused-ring (bicyclic) bond motifs is 1. The lowest BCUT2D eigenvalue weighted by molar-refractivity contribution is -0.131. The molecule has 2 aromatic carbocycles. The van der Waals surface area contributed by atoms with E-state index in [2.05, 4.69) is 4.98 Å². The molecule has 2 amide bonds. The van der Waals surface area contributed by atoms with Gasteiger partial charge in [-0.1, -0.05) is 18.2 Å². The van der Waals surface area contributed by atoms with E-state index in [1.807, 2.05) is 30.5 Å². The van der Waals surface area contributed by atoms with Crippen LogP contribution in [0.4, 0.5) is 4.39 Å². The summed E-state index contributed by atoms with van der Waals surface area (Å²) in [4.78, 5) is 31.4. The fraction of sp³-hybridized carbons (Fsp3) is 0.304. The monoisotopic (exact) mass is 439 g/mol. The molecule has 0 aliphatic carbocycles. The zero-order chi connectivity index (χ0) is 21.6. The first-order valence-electron chi connectivity index (χ1n) is 10.3. The van der Waals surface area contributed by atoms with Gasteiger partial charge in [-0.2, -0.15) is 0 Å². The maximum atomic E-state index is 13.6. The van der Waals surface area contributed by atoms with E-state index >= 15 is 0 Å². The quantitative estimate of drug-likeness (QED) is 0.682. The highest BCUT2D eigenvalue weighted by Gasteiger charge is 2.53. The van der Waals surface area contributed by atoms with Crippen LogP contribution in [0.2, 0.25) is 0 Å². The summed E-state index contributed by atoms with van der Waals surface area (Å²) in [5.74, 6) is -0.635. The highest BCUT2D eigenvalue weighted by molar-refractivity contribution is 7.87. The van der Waals surface area contributed by atoms with E-state index < -0.39 is 15.7 Å². The second-order valence-corrected chi connectivity index (χ2v) is 9.86. The van der Waals surface area contributed by atoms with Gasteiger partial charge in [0.1, 0.15) is 16.4 Å². The van der Waals surface area contributed by atoms with E-state index in [-0.39, 0.29) is 29.9 Å². The molecule has 5 rings (SSSR count). The second-order valence-electron chi connectivity index (χ2n) is 8.12. The summed E-state index contributed by atoms with van der Waals surface area (Å²) in [6.45, 7) is 1.06. The minimum atomic E-state index is -1.35. The minimum absolute atomic E-state index is 0.0211. The van der Waals surface area contributed by atoms with Crippen molar-refractivity contribution in [1.82, 2.24) is 14.8 Å². The highest BCUT2D eigenvalue weighted by Crippen LogP contribution is 2.39. The molecule has 1 atom stereocenters. The Bertz CT molecular complexity index is 1200. The van der Waals surface area contributed by atoms with E-state index in [0.717, 1.165) is 10.9 Å². The third kappa shape index (κ3) is 3.44. The number of hydrogen-bond acceptors (Lipinski definition) is 3. The number of aromatic amines is 1. The van der Waals surface area contributed by atoms with Crippen LogP contribution in [-0.4, -0.2) is 54.5 Å². The zero-order valence-corrected chi connectivity index (χ0v) is 17.7. The summed E-state index contributed by atoms with van der Waals surface area (Å²) in [5.41, 5.74) is 2.18. The van der Waals surface area contributed by atoms with Gasteiger partial charge in [0.25, 0.3) is 5.91 Å². The number of carbonyl (C=O) groups is 2. The first kappa shape index (κ1) is 19.9. The molecule has 6 nitrogen and oxygen atoms in total. The van der Waals surface area contributed by atoms with E-state index in [1.165, 1.54) is 12.1 Å². The number of carbonyl (C=O) groups excluding carboxylic acids is 2. The predicted octanol–water partition coefficient (Wildman–Crippen LogP) is 3.03. The summed E-state index contributed by atoms with van der Waals surface area (Å²) in [7, 11) is -1.35. The fourth-order valence-corrected chi connectivity index (χ4v) is 6.34. The van der Waals surface area contributed by atoms with E-state index in [9.17, 15) is 18.2 Å². The van der Waals surface area contributed by atoms with Crippen molar-refractivity contribution in [3.8, 4) is 0 Å². The molecule has 1 aromatic heterocycles. The molecule has 8 heteroatoms. The van der Waals surface area contributed by atoms with E-state index in [1.54, 1.807) is 21.9 Å². The van der Waals surface area contributed by atoms with Crippen LogP contribution in [0, 0.1) is 5.82 Å². The van der Waals surface area contributed by atoms with Crippen LogP contribution < -0.4 is 0 Å². The van der Waals surface area contributed by atoms with Crippen molar-refractivity contribution in [1.29, 1.82) is 0 Å².